The van der Waals surface area contributed by atoms with E-state index >= 15 is 0 Å². The lowest BCUT2D eigenvalue weighted by Crippen LogP contribution is -2.47. The molecule has 1 rings (SSSR count). The Morgan fingerprint density at radius 2 is 1.94 bits per heavy atom. The fraction of sp³-hybridized carbons (Fsp3) is 0.500. The highest BCUT2D eigenvalue weighted by molar-refractivity contribution is 9.10. The van der Waals surface area contributed by atoms with Crippen LogP contribution < -0.4 is 5.73 Å². The van der Waals surface area contributed by atoms with Gasteiger partial charge in [0.15, 0.2) is 0 Å². The second kappa shape index (κ2) is 4.84. The molecule has 0 amide bonds. The summed E-state index contributed by atoms with van der Waals surface area (Å²) in [7, 11) is 0. The molecule has 1 unspecified atom stereocenters. The molecule has 0 radical (unpaired) electrons. The molecule has 3 N–H and O–H groups in total. The molecule has 0 aromatic heterocycles. The first-order chi connectivity index (χ1) is 7.65. The van der Waals surface area contributed by atoms with E-state index in [1.807, 2.05) is 0 Å². The van der Waals surface area contributed by atoms with Gasteiger partial charge in [0.05, 0.1) is 5.02 Å². The smallest absolute Gasteiger partial charge is 0.149 e. The Balaban J connectivity index is 3.47. The van der Waals surface area contributed by atoms with Crippen molar-refractivity contribution in [2.24, 2.45) is 11.1 Å². The van der Waals surface area contributed by atoms with Gasteiger partial charge < -0.3 is 10.8 Å². The van der Waals surface area contributed by atoms with Crippen molar-refractivity contribution < 1.29 is 9.50 Å². The maximum Gasteiger partial charge on any atom is 0.149 e. The zero-order valence-corrected chi connectivity index (χ0v) is 12.4. The zero-order chi connectivity index (χ0) is 13.4. The fourth-order valence-electron chi connectivity index (χ4n) is 1.67. The van der Waals surface area contributed by atoms with E-state index in [4.69, 9.17) is 17.3 Å². The van der Waals surface area contributed by atoms with Crippen LogP contribution in [0, 0.1) is 11.2 Å². The van der Waals surface area contributed by atoms with Gasteiger partial charge in [-0.3, -0.25) is 0 Å². The molecule has 1 atom stereocenters. The number of hydrogen-bond acceptors (Lipinski definition) is 2. The average molecular weight is 325 g/mol. The SMILES string of the molecule is CC(C)(C)C(O)(CN)c1ccc(Br)c(Cl)c1F. The lowest BCUT2D eigenvalue weighted by Gasteiger charge is -2.40. The van der Waals surface area contributed by atoms with Crippen molar-refractivity contribution in [2.75, 3.05) is 6.54 Å². The molecule has 0 spiro atoms. The second-order valence-corrected chi connectivity index (χ2v) is 6.27. The zero-order valence-electron chi connectivity index (χ0n) is 10.0. The minimum absolute atomic E-state index is 0.0429. The number of rotatable bonds is 2. The van der Waals surface area contributed by atoms with Crippen LogP contribution in [0.2, 0.25) is 5.02 Å². The summed E-state index contributed by atoms with van der Waals surface area (Å²) >= 11 is 8.96. The molecule has 17 heavy (non-hydrogen) atoms. The van der Waals surface area contributed by atoms with E-state index in [2.05, 4.69) is 15.9 Å². The van der Waals surface area contributed by atoms with Crippen LogP contribution in [0.4, 0.5) is 4.39 Å². The summed E-state index contributed by atoms with van der Waals surface area (Å²) in [6.45, 7) is 5.32. The van der Waals surface area contributed by atoms with E-state index in [0.29, 0.717) is 4.47 Å². The van der Waals surface area contributed by atoms with Gasteiger partial charge in [-0.2, -0.15) is 0 Å². The standard InChI is InChI=1S/C12H16BrClFNO/c1-11(2,3)12(17,6-16)7-4-5-8(13)9(14)10(7)15/h4-5,17H,6,16H2,1-3H3. The molecule has 0 heterocycles. The fourth-order valence-corrected chi connectivity index (χ4v) is 2.14. The van der Waals surface area contributed by atoms with Crippen molar-refractivity contribution >= 4 is 27.5 Å². The molecule has 5 heteroatoms. The molecule has 0 saturated carbocycles. The predicted octanol–water partition coefficient (Wildman–Crippen LogP) is 3.43. The maximum atomic E-state index is 14.1. The van der Waals surface area contributed by atoms with Crippen LogP contribution in [0.15, 0.2) is 16.6 Å². The monoisotopic (exact) mass is 323 g/mol. The highest BCUT2D eigenvalue weighted by Gasteiger charge is 2.42. The van der Waals surface area contributed by atoms with Gasteiger partial charge >= 0.3 is 0 Å². The molecule has 0 aliphatic carbocycles. The van der Waals surface area contributed by atoms with Crippen LogP contribution in [0.5, 0.6) is 0 Å². The van der Waals surface area contributed by atoms with Crippen molar-refractivity contribution in [3.05, 3.63) is 33.0 Å². The van der Waals surface area contributed by atoms with Gasteiger partial charge in [0, 0.05) is 16.6 Å². The Labute approximate surface area is 114 Å². The van der Waals surface area contributed by atoms with Crippen LogP contribution in [-0.4, -0.2) is 11.7 Å². The quantitative estimate of drug-likeness (QED) is 0.819. The summed E-state index contributed by atoms with van der Waals surface area (Å²) in [5.74, 6) is -0.635. The first kappa shape index (κ1) is 14.9. The van der Waals surface area contributed by atoms with Gasteiger partial charge in [0.2, 0.25) is 0 Å². The van der Waals surface area contributed by atoms with E-state index in [0.717, 1.165) is 0 Å². The Morgan fingerprint density at radius 3 is 2.35 bits per heavy atom. The van der Waals surface area contributed by atoms with Crippen molar-refractivity contribution in [1.29, 1.82) is 0 Å². The van der Waals surface area contributed by atoms with Gasteiger partial charge in [-0.05, 0) is 27.4 Å². The van der Waals surface area contributed by atoms with E-state index in [9.17, 15) is 9.50 Å². The Morgan fingerprint density at radius 1 is 1.41 bits per heavy atom. The lowest BCUT2D eigenvalue weighted by atomic mass is 9.72. The Bertz CT molecular complexity index is 433. The van der Waals surface area contributed by atoms with E-state index in [-0.39, 0.29) is 17.1 Å². The highest BCUT2D eigenvalue weighted by atomic mass is 79.9. The van der Waals surface area contributed by atoms with Crippen LogP contribution >= 0.6 is 27.5 Å². The largest absolute Gasteiger partial charge is 0.383 e. The van der Waals surface area contributed by atoms with Gasteiger partial charge in [-0.25, -0.2) is 4.39 Å². The molecule has 0 fully saturated rings. The van der Waals surface area contributed by atoms with Crippen molar-refractivity contribution in [2.45, 2.75) is 26.4 Å². The van der Waals surface area contributed by atoms with E-state index < -0.39 is 16.8 Å². The molecule has 1 aromatic carbocycles. The molecule has 0 aliphatic rings. The summed E-state index contributed by atoms with van der Waals surface area (Å²) in [5, 5.41) is 10.5. The number of aliphatic hydroxyl groups is 1. The highest BCUT2D eigenvalue weighted by Crippen LogP contribution is 2.42. The average Bonchev–Trinajstić information content (AvgIpc) is 2.23. The van der Waals surface area contributed by atoms with E-state index in [1.165, 1.54) is 6.07 Å². The van der Waals surface area contributed by atoms with Crippen molar-refractivity contribution in [3.8, 4) is 0 Å². The molecule has 0 aliphatic heterocycles. The molecule has 2 nitrogen and oxygen atoms in total. The summed E-state index contributed by atoms with van der Waals surface area (Å²) in [5.41, 5.74) is 3.68. The van der Waals surface area contributed by atoms with Gasteiger partial charge in [0.1, 0.15) is 11.4 Å². The number of benzene rings is 1. The van der Waals surface area contributed by atoms with Gasteiger partial charge in [0.25, 0.3) is 0 Å². The van der Waals surface area contributed by atoms with Crippen LogP contribution in [0.3, 0.4) is 0 Å². The Kier molecular flexibility index (Phi) is 4.24. The molecular formula is C12H16BrClFNO. The first-order valence-electron chi connectivity index (χ1n) is 5.21. The Hall–Kier alpha value is -0.160. The van der Waals surface area contributed by atoms with Crippen LogP contribution in [-0.2, 0) is 5.60 Å². The molecule has 96 valence electrons. The van der Waals surface area contributed by atoms with Crippen LogP contribution in [0.1, 0.15) is 26.3 Å². The van der Waals surface area contributed by atoms with Gasteiger partial charge in [-0.15, -0.1) is 0 Å². The van der Waals surface area contributed by atoms with Crippen molar-refractivity contribution in [3.63, 3.8) is 0 Å². The van der Waals surface area contributed by atoms with E-state index in [1.54, 1.807) is 26.8 Å². The maximum absolute atomic E-state index is 14.1. The summed E-state index contributed by atoms with van der Waals surface area (Å²) in [4.78, 5) is 0. The van der Waals surface area contributed by atoms with Crippen LogP contribution in [0.25, 0.3) is 0 Å². The third kappa shape index (κ3) is 2.50. The minimum atomic E-state index is -1.46. The van der Waals surface area contributed by atoms with Crippen molar-refractivity contribution in [1.82, 2.24) is 0 Å². The number of hydrogen-bond donors (Lipinski definition) is 2. The third-order valence-corrected chi connectivity index (χ3v) is 4.28. The number of nitrogens with two attached hydrogens (primary N) is 1. The van der Waals surface area contributed by atoms with Gasteiger partial charge in [-0.1, -0.05) is 38.4 Å². The lowest BCUT2D eigenvalue weighted by molar-refractivity contribution is -0.0583. The topological polar surface area (TPSA) is 46.2 Å². The molecular weight excluding hydrogens is 308 g/mol. The summed E-state index contributed by atoms with van der Waals surface area (Å²) < 4.78 is 14.6. The molecule has 1 aromatic rings. The molecule has 0 bridgehead atoms. The number of halogens is 3. The first-order valence-corrected chi connectivity index (χ1v) is 6.38. The summed E-state index contributed by atoms with van der Waals surface area (Å²) in [6.07, 6.45) is 0. The molecule has 0 saturated heterocycles. The minimum Gasteiger partial charge on any atom is -0.383 e. The predicted molar refractivity (Wildman–Crippen MR) is 71.5 cm³/mol. The third-order valence-electron chi connectivity index (χ3n) is 3.02. The summed E-state index contributed by atoms with van der Waals surface area (Å²) in [6, 6.07) is 3.11. The normalized spacial score (nSPS) is 15.8. The second-order valence-electron chi connectivity index (χ2n) is 5.04.